The lowest BCUT2D eigenvalue weighted by Crippen LogP contribution is -2.26. The SMILES string of the molecule is CNC(C)CCc1ccc(OCCC(=O)NC2CC2)cc1. The van der Waals surface area contributed by atoms with Crippen molar-refractivity contribution < 1.29 is 9.53 Å². The van der Waals surface area contributed by atoms with E-state index < -0.39 is 0 Å². The smallest absolute Gasteiger partial charge is 0.223 e. The van der Waals surface area contributed by atoms with Gasteiger partial charge in [-0.3, -0.25) is 4.79 Å². The van der Waals surface area contributed by atoms with E-state index in [1.807, 2.05) is 19.2 Å². The molecule has 116 valence electrons. The number of hydrogen-bond acceptors (Lipinski definition) is 3. The minimum absolute atomic E-state index is 0.0928. The molecule has 0 heterocycles. The number of benzene rings is 1. The molecule has 1 amide bonds. The van der Waals surface area contributed by atoms with Crippen molar-refractivity contribution in [1.29, 1.82) is 0 Å². The van der Waals surface area contributed by atoms with Crippen LogP contribution in [0, 0.1) is 0 Å². The van der Waals surface area contributed by atoms with Gasteiger partial charge in [0.25, 0.3) is 0 Å². The van der Waals surface area contributed by atoms with Gasteiger partial charge in [-0.25, -0.2) is 0 Å². The zero-order chi connectivity index (χ0) is 15.1. The molecule has 4 nitrogen and oxygen atoms in total. The number of hydrogen-bond donors (Lipinski definition) is 2. The summed E-state index contributed by atoms with van der Waals surface area (Å²) in [6.07, 6.45) is 4.86. The van der Waals surface area contributed by atoms with E-state index in [2.05, 4.69) is 29.7 Å². The van der Waals surface area contributed by atoms with Crippen molar-refractivity contribution in [1.82, 2.24) is 10.6 Å². The topological polar surface area (TPSA) is 50.4 Å². The second-order valence-electron chi connectivity index (χ2n) is 5.81. The lowest BCUT2D eigenvalue weighted by Gasteiger charge is -2.10. The molecule has 1 atom stereocenters. The third kappa shape index (κ3) is 6.17. The minimum Gasteiger partial charge on any atom is -0.493 e. The van der Waals surface area contributed by atoms with E-state index in [1.165, 1.54) is 5.56 Å². The summed E-state index contributed by atoms with van der Waals surface area (Å²) in [6.45, 7) is 2.62. The number of ether oxygens (including phenoxy) is 1. The molecule has 0 saturated heterocycles. The molecule has 0 aliphatic heterocycles. The summed E-state index contributed by atoms with van der Waals surface area (Å²) < 4.78 is 5.61. The maximum atomic E-state index is 11.5. The van der Waals surface area contributed by atoms with Crippen LogP contribution in [0.1, 0.15) is 38.2 Å². The van der Waals surface area contributed by atoms with Crippen molar-refractivity contribution in [2.24, 2.45) is 0 Å². The van der Waals surface area contributed by atoms with E-state index in [0.29, 0.717) is 25.1 Å². The van der Waals surface area contributed by atoms with Crippen LogP contribution in [0.15, 0.2) is 24.3 Å². The molecule has 1 aliphatic carbocycles. The van der Waals surface area contributed by atoms with Gasteiger partial charge in [-0.2, -0.15) is 0 Å². The highest BCUT2D eigenvalue weighted by Crippen LogP contribution is 2.18. The molecule has 1 aliphatic rings. The van der Waals surface area contributed by atoms with E-state index in [4.69, 9.17) is 4.74 Å². The van der Waals surface area contributed by atoms with Crippen LogP contribution in [0.4, 0.5) is 0 Å². The van der Waals surface area contributed by atoms with Crippen molar-refractivity contribution in [3.63, 3.8) is 0 Å². The fourth-order valence-corrected chi connectivity index (χ4v) is 2.07. The Morgan fingerprint density at radius 3 is 2.67 bits per heavy atom. The van der Waals surface area contributed by atoms with Crippen LogP contribution in [0.2, 0.25) is 0 Å². The fraction of sp³-hybridized carbons (Fsp3) is 0.588. The molecule has 4 heteroatoms. The van der Waals surface area contributed by atoms with E-state index in [1.54, 1.807) is 0 Å². The molecule has 0 radical (unpaired) electrons. The van der Waals surface area contributed by atoms with Gasteiger partial charge in [0.1, 0.15) is 5.75 Å². The molecule has 1 unspecified atom stereocenters. The quantitative estimate of drug-likeness (QED) is 0.733. The Morgan fingerprint density at radius 1 is 1.33 bits per heavy atom. The first-order valence-corrected chi connectivity index (χ1v) is 7.85. The van der Waals surface area contributed by atoms with E-state index in [-0.39, 0.29) is 5.91 Å². The Morgan fingerprint density at radius 2 is 2.05 bits per heavy atom. The van der Waals surface area contributed by atoms with Crippen molar-refractivity contribution >= 4 is 5.91 Å². The Labute approximate surface area is 127 Å². The minimum atomic E-state index is 0.0928. The van der Waals surface area contributed by atoms with Gasteiger partial charge < -0.3 is 15.4 Å². The molecule has 0 spiro atoms. The molecule has 1 fully saturated rings. The fourth-order valence-electron chi connectivity index (χ4n) is 2.07. The van der Waals surface area contributed by atoms with Crippen LogP contribution < -0.4 is 15.4 Å². The van der Waals surface area contributed by atoms with Gasteiger partial charge in [0, 0.05) is 12.1 Å². The second kappa shape index (κ2) is 8.03. The van der Waals surface area contributed by atoms with Gasteiger partial charge in [0.15, 0.2) is 0 Å². The normalized spacial score (nSPS) is 15.5. The van der Waals surface area contributed by atoms with Crippen LogP contribution >= 0.6 is 0 Å². The van der Waals surface area contributed by atoms with Gasteiger partial charge in [0.2, 0.25) is 5.91 Å². The van der Waals surface area contributed by atoms with Crippen molar-refractivity contribution in [3.8, 4) is 5.75 Å². The highest BCUT2D eigenvalue weighted by atomic mass is 16.5. The summed E-state index contributed by atoms with van der Waals surface area (Å²) in [5.74, 6) is 0.926. The average Bonchev–Trinajstić information content (AvgIpc) is 3.30. The molecule has 1 aromatic carbocycles. The van der Waals surface area contributed by atoms with Crippen LogP contribution in [-0.4, -0.2) is 31.6 Å². The summed E-state index contributed by atoms with van der Waals surface area (Å²) >= 11 is 0. The number of carbonyl (C=O) groups is 1. The third-order valence-corrected chi connectivity index (χ3v) is 3.82. The zero-order valence-corrected chi connectivity index (χ0v) is 13.0. The summed E-state index contributed by atoms with van der Waals surface area (Å²) in [6, 6.07) is 9.13. The van der Waals surface area contributed by atoms with Crippen LogP contribution in [0.25, 0.3) is 0 Å². The predicted octanol–water partition coefficient (Wildman–Crippen LogP) is 2.27. The van der Waals surface area contributed by atoms with Gasteiger partial charge in [-0.1, -0.05) is 12.1 Å². The first kappa shape index (κ1) is 15.8. The molecular weight excluding hydrogens is 264 g/mol. The summed E-state index contributed by atoms with van der Waals surface area (Å²) in [5.41, 5.74) is 1.32. The first-order valence-electron chi connectivity index (χ1n) is 7.85. The van der Waals surface area contributed by atoms with Gasteiger partial charge in [0.05, 0.1) is 13.0 Å². The zero-order valence-electron chi connectivity index (χ0n) is 13.0. The second-order valence-corrected chi connectivity index (χ2v) is 5.81. The third-order valence-electron chi connectivity index (χ3n) is 3.82. The summed E-state index contributed by atoms with van der Waals surface area (Å²) in [5, 5.41) is 6.20. The largest absolute Gasteiger partial charge is 0.493 e. The Bertz CT molecular complexity index is 441. The van der Waals surface area contributed by atoms with E-state index >= 15 is 0 Å². The number of aryl methyl sites for hydroxylation is 1. The van der Waals surface area contributed by atoms with Gasteiger partial charge in [-0.15, -0.1) is 0 Å². The van der Waals surface area contributed by atoms with Crippen molar-refractivity contribution in [2.45, 2.75) is 51.1 Å². The van der Waals surface area contributed by atoms with Gasteiger partial charge >= 0.3 is 0 Å². The molecule has 2 N–H and O–H groups in total. The number of amides is 1. The summed E-state index contributed by atoms with van der Waals surface area (Å²) in [7, 11) is 1.99. The molecule has 21 heavy (non-hydrogen) atoms. The maximum Gasteiger partial charge on any atom is 0.223 e. The molecule has 2 rings (SSSR count). The molecular formula is C17H26N2O2. The lowest BCUT2D eigenvalue weighted by molar-refractivity contribution is -0.121. The molecule has 0 bridgehead atoms. The Balaban J connectivity index is 1.65. The maximum absolute atomic E-state index is 11.5. The Hall–Kier alpha value is -1.55. The molecule has 1 aromatic rings. The van der Waals surface area contributed by atoms with E-state index in [9.17, 15) is 4.79 Å². The number of carbonyl (C=O) groups excluding carboxylic acids is 1. The number of nitrogens with one attached hydrogen (secondary N) is 2. The molecule has 1 saturated carbocycles. The van der Waals surface area contributed by atoms with Crippen LogP contribution in [0.5, 0.6) is 5.75 Å². The monoisotopic (exact) mass is 290 g/mol. The van der Waals surface area contributed by atoms with Crippen LogP contribution in [0.3, 0.4) is 0 Å². The Kier molecular flexibility index (Phi) is 6.05. The standard InChI is InChI=1S/C17H26N2O2/c1-13(18-2)3-4-14-5-9-16(10-6-14)21-12-11-17(20)19-15-7-8-15/h5-6,9-10,13,15,18H,3-4,7-8,11-12H2,1-2H3,(H,19,20). The highest BCUT2D eigenvalue weighted by molar-refractivity contribution is 5.76. The van der Waals surface area contributed by atoms with Crippen molar-refractivity contribution in [2.75, 3.05) is 13.7 Å². The predicted molar refractivity (Wildman–Crippen MR) is 84.6 cm³/mol. The summed E-state index contributed by atoms with van der Waals surface area (Å²) in [4.78, 5) is 11.5. The number of rotatable bonds is 9. The molecule has 0 aromatic heterocycles. The lowest BCUT2D eigenvalue weighted by atomic mass is 10.1. The highest BCUT2D eigenvalue weighted by Gasteiger charge is 2.22. The van der Waals surface area contributed by atoms with Gasteiger partial charge in [-0.05, 0) is 57.4 Å². The average molecular weight is 290 g/mol. The first-order chi connectivity index (χ1) is 10.2. The van der Waals surface area contributed by atoms with Crippen LogP contribution in [-0.2, 0) is 11.2 Å². The van der Waals surface area contributed by atoms with E-state index in [0.717, 1.165) is 31.4 Å². The van der Waals surface area contributed by atoms with Crippen molar-refractivity contribution in [3.05, 3.63) is 29.8 Å².